The van der Waals surface area contributed by atoms with Gasteiger partial charge in [0.25, 0.3) is 0 Å². The summed E-state index contributed by atoms with van der Waals surface area (Å²) in [5.41, 5.74) is 2.80. The largest absolute Gasteiger partial charge is 0.487 e. The molecule has 3 rings (SSSR count). The van der Waals surface area contributed by atoms with E-state index in [1.807, 2.05) is 0 Å². The average Bonchev–Trinajstić information content (AvgIpc) is 2.48. The zero-order chi connectivity index (χ0) is 15.6. The van der Waals surface area contributed by atoms with Crippen LogP contribution in [0.1, 0.15) is 76.0 Å². The van der Waals surface area contributed by atoms with E-state index >= 15 is 0 Å². The van der Waals surface area contributed by atoms with Crippen LogP contribution in [0.4, 0.5) is 0 Å². The fourth-order valence-corrected chi connectivity index (χ4v) is 4.02. The minimum atomic E-state index is 0.0933. The Morgan fingerprint density at radius 1 is 1.23 bits per heavy atom. The predicted molar refractivity (Wildman–Crippen MR) is 92.4 cm³/mol. The Labute approximate surface area is 135 Å². The number of nitrogens with one attached hydrogen (secondary N) is 1. The van der Waals surface area contributed by atoms with Crippen LogP contribution in [0.25, 0.3) is 0 Å². The smallest absolute Gasteiger partial charge is 0.124 e. The van der Waals surface area contributed by atoms with Gasteiger partial charge in [-0.15, -0.1) is 0 Å². The van der Waals surface area contributed by atoms with Crippen molar-refractivity contribution in [2.75, 3.05) is 6.54 Å². The summed E-state index contributed by atoms with van der Waals surface area (Å²) in [7, 11) is 0. The molecule has 122 valence electrons. The highest BCUT2D eigenvalue weighted by molar-refractivity contribution is 5.41. The normalized spacial score (nSPS) is 23.4. The minimum absolute atomic E-state index is 0.0933. The molecular weight excluding hydrogens is 270 g/mol. The standard InChI is InChI=1S/C20H31NO/c1-15(2)9-12-21-18-14-20(10-5-4-6-11-20)22-19-8-7-16(3)13-17(18)19/h7-8,13,15,18,21H,4-6,9-12,14H2,1-3H3. The maximum absolute atomic E-state index is 6.53. The van der Waals surface area contributed by atoms with Gasteiger partial charge in [0.2, 0.25) is 0 Å². The Kier molecular flexibility index (Phi) is 4.77. The van der Waals surface area contributed by atoms with Crippen molar-refractivity contribution in [2.24, 2.45) is 5.92 Å². The molecule has 0 amide bonds. The van der Waals surface area contributed by atoms with E-state index in [2.05, 4.69) is 44.3 Å². The molecule has 1 unspecified atom stereocenters. The number of fused-ring (bicyclic) bond motifs is 1. The van der Waals surface area contributed by atoms with Crippen molar-refractivity contribution in [1.29, 1.82) is 0 Å². The van der Waals surface area contributed by atoms with Gasteiger partial charge in [0, 0.05) is 18.0 Å². The van der Waals surface area contributed by atoms with Gasteiger partial charge in [-0.1, -0.05) is 38.0 Å². The lowest BCUT2D eigenvalue weighted by Gasteiger charge is -2.45. The number of benzene rings is 1. The van der Waals surface area contributed by atoms with Crippen molar-refractivity contribution >= 4 is 0 Å². The molecule has 0 bridgehead atoms. The van der Waals surface area contributed by atoms with E-state index in [9.17, 15) is 0 Å². The molecule has 1 N–H and O–H groups in total. The number of hydrogen-bond donors (Lipinski definition) is 1. The van der Waals surface area contributed by atoms with E-state index in [0.29, 0.717) is 6.04 Å². The summed E-state index contributed by atoms with van der Waals surface area (Å²) in [6.07, 6.45) is 8.84. The number of rotatable bonds is 4. The molecule has 0 aromatic heterocycles. The molecule has 1 aromatic carbocycles. The van der Waals surface area contributed by atoms with Crippen molar-refractivity contribution in [3.63, 3.8) is 0 Å². The first kappa shape index (κ1) is 15.9. The van der Waals surface area contributed by atoms with Crippen LogP contribution in [-0.2, 0) is 0 Å². The van der Waals surface area contributed by atoms with Gasteiger partial charge in [0.15, 0.2) is 0 Å². The molecule has 1 aliphatic heterocycles. The quantitative estimate of drug-likeness (QED) is 0.829. The van der Waals surface area contributed by atoms with Crippen LogP contribution in [0.15, 0.2) is 18.2 Å². The van der Waals surface area contributed by atoms with Crippen LogP contribution >= 0.6 is 0 Å². The second-order valence-corrected chi connectivity index (χ2v) is 7.78. The monoisotopic (exact) mass is 301 g/mol. The van der Waals surface area contributed by atoms with Gasteiger partial charge in [-0.05, 0) is 57.6 Å². The van der Waals surface area contributed by atoms with Gasteiger partial charge in [0.05, 0.1) is 0 Å². The molecule has 0 radical (unpaired) electrons. The fraction of sp³-hybridized carbons (Fsp3) is 0.700. The van der Waals surface area contributed by atoms with Gasteiger partial charge in [0.1, 0.15) is 11.4 Å². The molecule has 1 aliphatic carbocycles. The zero-order valence-electron chi connectivity index (χ0n) is 14.5. The van der Waals surface area contributed by atoms with Crippen LogP contribution in [0.3, 0.4) is 0 Å². The highest BCUT2D eigenvalue weighted by atomic mass is 16.5. The van der Waals surface area contributed by atoms with Gasteiger partial charge < -0.3 is 10.1 Å². The van der Waals surface area contributed by atoms with Crippen molar-refractivity contribution in [2.45, 2.75) is 77.4 Å². The number of ether oxygens (including phenoxy) is 1. The van der Waals surface area contributed by atoms with Crippen LogP contribution in [0.2, 0.25) is 0 Å². The molecule has 1 fully saturated rings. The average molecular weight is 301 g/mol. The molecule has 1 heterocycles. The number of hydrogen-bond acceptors (Lipinski definition) is 2. The summed E-state index contributed by atoms with van der Waals surface area (Å²) >= 11 is 0. The van der Waals surface area contributed by atoms with E-state index < -0.39 is 0 Å². The summed E-state index contributed by atoms with van der Waals surface area (Å²) < 4.78 is 6.53. The Bertz CT molecular complexity index is 502. The first-order valence-corrected chi connectivity index (χ1v) is 9.11. The maximum Gasteiger partial charge on any atom is 0.124 e. The lowest BCUT2D eigenvalue weighted by atomic mass is 9.77. The van der Waals surface area contributed by atoms with Crippen molar-refractivity contribution < 1.29 is 4.74 Å². The summed E-state index contributed by atoms with van der Waals surface area (Å²) in [5, 5.41) is 3.83. The van der Waals surface area contributed by atoms with E-state index in [1.165, 1.54) is 49.7 Å². The van der Waals surface area contributed by atoms with Crippen LogP contribution in [0, 0.1) is 12.8 Å². The third kappa shape index (κ3) is 3.48. The fourth-order valence-electron chi connectivity index (χ4n) is 4.02. The Morgan fingerprint density at radius 2 is 2.00 bits per heavy atom. The maximum atomic E-state index is 6.53. The highest BCUT2D eigenvalue weighted by Gasteiger charge is 2.41. The van der Waals surface area contributed by atoms with Crippen LogP contribution < -0.4 is 10.1 Å². The summed E-state index contributed by atoms with van der Waals surface area (Å²) in [5.74, 6) is 1.88. The lowest BCUT2D eigenvalue weighted by Crippen LogP contribution is -2.45. The topological polar surface area (TPSA) is 21.3 Å². The molecule has 1 atom stereocenters. The van der Waals surface area contributed by atoms with E-state index in [1.54, 1.807) is 0 Å². The molecule has 1 aromatic rings. The van der Waals surface area contributed by atoms with Gasteiger partial charge in [-0.25, -0.2) is 0 Å². The van der Waals surface area contributed by atoms with Crippen LogP contribution in [-0.4, -0.2) is 12.1 Å². The van der Waals surface area contributed by atoms with Crippen molar-refractivity contribution in [3.8, 4) is 5.75 Å². The molecule has 2 nitrogen and oxygen atoms in total. The second-order valence-electron chi connectivity index (χ2n) is 7.78. The van der Waals surface area contributed by atoms with Crippen molar-refractivity contribution in [1.82, 2.24) is 5.32 Å². The summed E-state index contributed by atoms with van der Waals surface area (Å²) in [4.78, 5) is 0. The third-order valence-electron chi connectivity index (χ3n) is 5.32. The molecular formula is C20H31NO. The van der Waals surface area contributed by atoms with Gasteiger partial charge in [-0.2, -0.15) is 0 Å². The van der Waals surface area contributed by atoms with E-state index in [0.717, 1.165) is 24.6 Å². The summed E-state index contributed by atoms with van der Waals surface area (Å²) in [6.45, 7) is 7.88. The molecule has 0 saturated heterocycles. The zero-order valence-corrected chi connectivity index (χ0v) is 14.5. The highest BCUT2D eigenvalue weighted by Crippen LogP contribution is 2.46. The third-order valence-corrected chi connectivity index (χ3v) is 5.32. The molecule has 22 heavy (non-hydrogen) atoms. The molecule has 2 aliphatic rings. The molecule has 2 heteroatoms. The first-order chi connectivity index (χ1) is 10.6. The minimum Gasteiger partial charge on any atom is -0.487 e. The SMILES string of the molecule is Cc1ccc2c(c1)C(NCCC(C)C)CC1(CCCCC1)O2. The predicted octanol–water partition coefficient (Wildman–Crippen LogP) is 5.16. The Hall–Kier alpha value is -1.02. The van der Waals surface area contributed by atoms with Gasteiger partial charge in [-0.3, -0.25) is 0 Å². The van der Waals surface area contributed by atoms with E-state index in [4.69, 9.17) is 4.74 Å². The van der Waals surface area contributed by atoms with E-state index in [-0.39, 0.29) is 5.60 Å². The molecule has 1 saturated carbocycles. The molecule has 1 spiro atoms. The van der Waals surface area contributed by atoms with Crippen molar-refractivity contribution in [3.05, 3.63) is 29.3 Å². The number of aryl methyl sites for hydroxylation is 1. The second kappa shape index (κ2) is 6.62. The summed E-state index contributed by atoms with van der Waals surface area (Å²) in [6, 6.07) is 7.15. The lowest BCUT2D eigenvalue weighted by molar-refractivity contribution is -0.00275. The van der Waals surface area contributed by atoms with Gasteiger partial charge >= 0.3 is 0 Å². The first-order valence-electron chi connectivity index (χ1n) is 9.11. The Balaban J connectivity index is 1.81. The van der Waals surface area contributed by atoms with Crippen LogP contribution in [0.5, 0.6) is 5.75 Å². The Morgan fingerprint density at radius 3 is 2.73 bits per heavy atom.